The summed E-state index contributed by atoms with van der Waals surface area (Å²) in [7, 11) is 0. The number of hydrogen-bond donors (Lipinski definition) is 2. The quantitative estimate of drug-likeness (QED) is 0.411. The molecule has 38 heavy (non-hydrogen) atoms. The van der Waals surface area contributed by atoms with Gasteiger partial charge in [-0.25, -0.2) is 0 Å². The normalized spacial score (nSPS) is 26.8. The number of amides is 1. The monoisotopic (exact) mass is 536 g/mol. The number of nitrogens with two attached hydrogens (primary N) is 1. The van der Waals surface area contributed by atoms with Crippen LogP contribution in [0.4, 0.5) is 0 Å². The fourth-order valence-corrected chi connectivity index (χ4v) is 6.94. The van der Waals surface area contributed by atoms with Crippen LogP contribution in [-0.2, 0) is 9.53 Å². The summed E-state index contributed by atoms with van der Waals surface area (Å²) in [6.45, 7) is 23.3. The molecule has 3 saturated heterocycles. The minimum atomic E-state index is -0.135. The molecule has 3 aliphatic rings. The van der Waals surface area contributed by atoms with Crippen molar-refractivity contribution >= 4 is 5.91 Å². The van der Waals surface area contributed by atoms with Crippen LogP contribution in [0.1, 0.15) is 106 Å². The second kappa shape index (κ2) is 13.3. The first-order valence-corrected chi connectivity index (χ1v) is 15.5. The first-order valence-electron chi connectivity index (χ1n) is 15.5. The van der Waals surface area contributed by atoms with Gasteiger partial charge in [0.15, 0.2) is 0 Å². The molecular weight excluding hydrogens is 476 g/mol. The summed E-state index contributed by atoms with van der Waals surface area (Å²) >= 11 is 0. The Labute approximate surface area is 233 Å². The van der Waals surface area contributed by atoms with Crippen molar-refractivity contribution in [1.82, 2.24) is 14.7 Å². The van der Waals surface area contributed by atoms with Gasteiger partial charge in [-0.15, -0.1) is 0 Å². The number of nitrogens with zero attached hydrogens (tertiary/aromatic N) is 3. The van der Waals surface area contributed by atoms with E-state index in [1.165, 1.54) is 12.8 Å². The van der Waals surface area contributed by atoms with E-state index in [9.17, 15) is 9.90 Å². The maximum absolute atomic E-state index is 11.8. The van der Waals surface area contributed by atoms with E-state index in [0.29, 0.717) is 12.0 Å². The zero-order chi connectivity index (χ0) is 28.1. The lowest BCUT2D eigenvalue weighted by Crippen LogP contribution is -2.54. The van der Waals surface area contributed by atoms with E-state index >= 15 is 0 Å². The Bertz CT molecular complexity index is 738. The van der Waals surface area contributed by atoms with Gasteiger partial charge in [0.05, 0.1) is 18.8 Å². The molecule has 3 atom stereocenters. The molecule has 0 aromatic rings. The largest absolute Gasteiger partial charge is 0.393 e. The number of primary amides is 1. The Morgan fingerprint density at radius 3 is 2.08 bits per heavy atom. The SMILES string of the molecule is CC(CC[C@@](C)(CCC(C)(C)N1CCC(O)CC1)N1CCC(C(N)=O)CC1)CC1CN(C(C)(C)C)CCO1. The lowest BCUT2D eigenvalue weighted by molar-refractivity contribution is -0.123. The van der Waals surface area contributed by atoms with Crippen molar-refractivity contribution in [2.75, 3.05) is 45.9 Å². The number of morpholine rings is 1. The van der Waals surface area contributed by atoms with Gasteiger partial charge in [0.2, 0.25) is 5.91 Å². The Morgan fingerprint density at radius 2 is 1.50 bits per heavy atom. The molecule has 3 aliphatic heterocycles. The highest BCUT2D eigenvalue weighted by atomic mass is 16.5. The molecule has 0 spiro atoms. The zero-order valence-corrected chi connectivity index (χ0v) is 25.8. The fraction of sp³-hybridized carbons (Fsp3) is 0.968. The molecule has 0 bridgehead atoms. The van der Waals surface area contributed by atoms with Crippen LogP contribution in [0.25, 0.3) is 0 Å². The Kier molecular flexibility index (Phi) is 11.1. The van der Waals surface area contributed by atoms with Crippen molar-refractivity contribution in [3.8, 4) is 0 Å². The van der Waals surface area contributed by atoms with Gasteiger partial charge < -0.3 is 15.6 Å². The minimum absolute atomic E-state index is 0.0276. The Morgan fingerprint density at radius 1 is 0.895 bits per heavy atom. The molecule has 7 nitrogen and oxygen atoms in total. The van der Waals surface area contributed by atoms with Gasteiger partial charge in [0.25, 0.3) is 0 Å². The van der Waals surface area contributed by atoms with Gasteiger partial charge in [-0.2, -0.15) is 0 Å². The standard InChI is InChI=1S/C31H60N4O3/c1-24(22-27-23-35(20-21-38-27)29(2,3)4)8-13-31(7,34-16-9-25(10-17-34)28(32)37)15-14-30(5,6)33-18-11-26(36)12-19-33/h24-27,36H,8-23H2,1-7H3,(H2,32,37)/t24?,27?,31-/m0/s1. The number of carbonyl (C=O) groups is 1. The second-order valence-corrected chi connectivity index (χ2v) is 14.7. The van der Waals surface area contributed by atoms with Gasteiger partial charge in [0, 0.05) is 48.7 Å². The number of aliphatic hydroxyl groups is 1. The highest BCUT2D eigenvalue weighted by molar-refractivity contribution is 5.76. The summed E-state index contributed by atoms with van der Waals surface area (Å²) in [6.07, 6.45) is 9.47. The summed E-state index contributed by atoms with van der Waals surface area (Å²) in [6, 6.07) is 0. The lowest BCUT2D eigenvalue weighted by Gasteiger charge is -2.48. The van der Waals surface area contributed by atoms with Crippen molar-refractivity contribution < 1.29 is 14.6 Å². The van der Waals surface area contributed by atoms with Gasteiger partial charge in [-0.05, 0) is 118 Å². The molecule has 0 saturated carbocycles. The molecule has 3 fully saturated rings. The van der Waals surface area contributed by atoms with Crippen LogP contribution in [0, 0.1) is 11.8 Å². The topological polar surface area (TPSA) is 82.3 Å². The Balaban J connectivity index is 1.61. The number of carbonyl (C=O) groups excluding carboxylic acids is 1. The number of aliphatic hydroxyl groups excluding tert-OH is 1. The van der Waals surface area contributed by atoms with Gasteiger partial charge in [0.1, 0.15) is 0 Å². The highest BCUT2D eigenvalue weighted by Gasteiger charge is 2.39. The zero-order valence-electron chi connectivity index (χ0n) is 25.8. The summed E-state index contributed by atoms with van der Waals surface area (Å²) in [5.74, 6) is 0.504. The van der Waals surface area contributed by atoms with E-state index in [2.05, 4.69) is 63.2 Å². The molecule has 0 radical (unpaired) electrons. The molecular formula is C31H60N4O3. The lowest BCUT2D eigenvalue weighted by atomic mass is 9.79. The number of hydrogen-bond acceptors (Lipinski definition) is 6. The van der Waals surface area contributed by atoms with Crippen LogP contribution in [0.3, 0.4) is 0 Å². The first kappa shape index (κ1) is 31.8. The van der Waals surface area contributed by atoms with Crippen LogP contribution >= 0.6 is 0 Å². The third-order valence-corrected chi connectivity index (χ3v) is 10.2. The molecule has 3 N–H and O–H groups in total. The van der Waals surface area contributed by atoms with E-state index in [0.717, 1.165) is 90.8 Å². The third-order valence-electron chi connectivity index (χ3n) is 10.2. The van der Waals surface area contributed by atoms with Crippen molar-refractivity contribution in [3.05, 3.63) is 0 Å². The molecule has 7 heteroatoms. The number of ether oxygens (including phenoxy) is 1. The van der Waals surface area contributed by atoms with Crippen molar-refractivity contribution in [2.24, 2.45) is 17.6 Å². The van der Waals surface area contributed by atoms with Gasteiger partial charge >= 0.3 is 0 Å². The van der Waals surface area contributed by atoms with Gasteiger partial charge in [-0.3, -0.25) is 19.5 Å². The van der Waals surface area contributed by atoms with Crippen LogP contribution in [0.2, 0.25) is 0 Å². The van der Waals surface area contributed by atoms with Crippen molar-refractivity contribution in [1.29, 1.82) is 0 Å². The molecule has 0 aromatic heterocycles. The average Bonchev–Trinajstić information content (AvgIpc) is 2.86. The van der Waals surface area contributed by atoms with Crippen LogP contribution < -0.4 is 5.73 Å². The van der Waals surface area contributed by atoms with Crippen LogP contribution in [-0.4, -0.2) is 100 Å². The molecule has 2 unspecified atom stereocenters. The number of piperidine rings is 2. The fourth-order valence-electron chi connectivity index (χ4n) is 6.94. The smallest absolute Gasteiger partial charge is 0.220 e. The number of rotatable bonds is 11. The summed E-state index contributed by atoms with van der Waals surface area (Å²) < 4.78 is 6.20. The van der Waals surface area contributed by atoms with E-state index in [4.69, 9.17) is 10.5 Å². The first-order chi connectivity index (χ1) is 17.7. The molecule has 222 valence electrons. The predicted molar refractivity (Wildman–Crippen MR) is 156 cm³/mol. The third kappa shape index (κ3) is 8.89. The van der Waals surface area contributed by atoms with Crippen LogP contribution in [0.15, 0.2) is 0 Å². The average molecular weight is 537 g/mol. The molecule has 3 heterocycles. The van der Waals surface area contributed by atoms with Crippen molar-refractivity contribution in [2.45, 2.75) is 135 Å². The van der Waals surface area contributed by atoms with E-state index in [1.54, 1.807) is 0 Å². The van der Waals surface area contributed by atoms with Crippen LogP contribution in [0.5, 0.6) is 0 Å². The molecule has 1 amide bonds. The minimum Gasteiger partial charge on any atom is -0.393 e. The predicted octanol–water partition coefficient (Wildman–Crippen LogP) is 4.26. The summed E-state index contributed by atoms with van der Waals surface area (Å²) in [5, 5.41) is 10.00. The van der Waals surface area contributed by atoms with E-state index in [1.807, 2.05) is 0 Å². The van der Waals surface area contributed by atoms with E-state index < -0.39 is 0 Å². The second-order valence-electron chi connectivity index (χ2n) is 14.7. The molecule has 3 rings (SSSR count). The highest BCUT2D eigenvalue weighted by Crippen LogP contribution is 2.37. The Hall–Kier alpha value is -0.730. The summed E-state index contributed by atoms with van der Waals surface area (Å²) in [5.41, 5.74) is 6.07. The molecule has 0 aliphatic carbocycles. The van der Waals surface area contributed by atoms with Gasteiger partial charge in [-0.1, -0.05) is 6.92 Å². The van der Waals surface area contributed by atoms with E-state index in [-0.39, 0.29) is 34.5 Å². The molecule has 0 aromatic carbocycles. The summed E-state index contributed by atoms with van der Waals surface area (Å²) in [4.78, 5) is 19.7. The number of likely N-dealkylation sites (tertiary alicyclic amines) is 2. The van der Waals surface area contributed by atoms with Crippen molar-refractivity contribution in [3.63, 3.8) is 0 Å². The maximum atomic E-state index is 11.8. The maximum Gasteiger partial charge on any atom is 0.220 e.